The zero-order valence-electron chi connectivity index (χ0n) is 12.6. The topological polar surface area (TPSA) is 41.1 Å². The van der Waals surface area contributed by atoms with Crippen molar-refractivity contribution in [2.24, 2.45) is 0 Å². The number of unbranched alkanes of at least 4 members (excludes halogenated alkanes) is 3. The van der Waals surface area contributed by atoms with Crippen molar-refractivity contribution in [2.75, 3.05) is 5.32 Å². The molecule has 1 rings (SSSR count). The number of thiocarbonyl (C=S) groups is 1. The summed E-state index contributed by atoms with van der Waals surface area (Å²) in [6.07, 6.45) is 4.91. The summed E-state index contributed by atoms with van der Waals surface area (Å²) in [5, 5.41) is 6.13. The predicted octanol–water partition coefficient (Wildman–Crippen LogP) is 4.09. The van der Waals surface area contributed by atoms with E-state index in [2.05, 4.69) is 31.4 Å². The third-order valence-electron chi connectivity index (χ3n) is 3.28. The van der Waals surface area contributed by atoms with Gasteiger partial charge in [-0.05, 0) is 55.7 Å². The van der Waals surface area contributed by atoms with Crippen LogP contribution in [0.3, 0.4) is 0 Å². The van der Waals surface area contributed by atoms with Crippen molar-refractivity contribution in [1.29, 1.82) is 0 Å². The highest BCUT2D eigenvalue weighted by atomic mass is 32.1. The number of nitrogens with one attached hydrogen (secondary N) is 2. The van der Waals surface area contributed by atoms with E-state index in [1.807, 2.05) is 18.2 Å². The second-order valence-electron chi connectivity index (χ2n) is 5.11. The number of anilines is 1. The van der Waals surface area contributed by atoms with Gasteiger partial charge in [-0.15, -0.1) is 0 Å². The Hall–Kier alpha value is -1.42. The SMILES string of the molecule is CCCCCCC(=O)NC(=S)Nc1ccc(C)c(C)c1. The molecule has 0 fully saturated rings. The van der Waals surface area contributed by atoms with E-state index >= 15 is 0 Å². The Morgan fingerprint density at radius 2 is 1.90 bits per heavy atom. The molecule has 0 atom stereocenters. The van der Waals surface area contributed by atoms with Crippen molar-refractivity contribution in [1.82, 2.24) is 5.32 Å². The molecule has 0 aliphatic rings. The molecular formula is C16H24N2OS. The second-order valence-corrected chi connectivity index (χ2v) is 5.52. The average Bonchev–Trinajstić information content (AvgIpc) is 2.39. The van der Waals surface area contributed by atoms with Gasteiger partial charge < -0.3 is 10.6 Å². The van der Waals surface area contributed by atoms with Gasteiger partial charge in [0.2, 0.25) is 5.91 Å². The van der Waals surface area contributed by atoms with Crippen LogP contribution >= 0.6 is 12.2 Å². The van der Waals surface area contributed by atoms with Crippen LogP contribution in [0, 0.1) is 13.8 Å². The summed E-state index contributed by atoms with van der Waals surface area (Å²) in [6.45, 7) is 6.27. The first-order valence-corrected chi connectivity index (χ1v) is 7.62. The molecule has 2 N–H and O–H groups in total. The predicted molar refractivity (Wildman–Crippen MR) is 89.0 cm³/mol. The third kappa shape index (κ3) is 6.15. The Kier molecular flexibility index (Phi) is 7.23. The van der Waals surface area contributed by atoms with Crippen molar-refractivity contribution in [2.45, 2.75) is 52.9 Å². The number of amides is 1. The summed E-state index contributed by atoms with van der Waals surface area (Å²) in [7, 11) is 0. The highest BCUT2D eigenvalue weighted by Gasteiger charge is 2.05. The summed E-state index contributed by atoms with van der Waals surface area (Å²) in [6, 6.07) is 6.02. The molecule has 4 heteroatoms. The van der Waals surface area contributed by atoms with Gasteiger partial charge in [0.15, 0.2) is 5.11 Å². The standard InChI is InChI=1S/C16H24N2OS/c1-4-5-6-7-8-15(19)18-16(20)17-14-10-9-12(2)13(3)11-14/h9-11H,4-8H2,1-3H3,(H2,17,18,19,20). The fraction of sp³-hybridized carbons (Fsp3) is 0.500. The van der Waals surface area contributed by atoms with Gasteiger partial charge >= 0.3 is 0 Å². The first kappa shape index (κ1) is 16.6. The molecule has 110 valence electrons. The molecule has 0 aliphatic heterocycles. The van der Waals surface area contributed by atoms with E-state index in [4.69, 9.17) is 12.2 Å². The monoisotopic (exact) mass is 292 g/mol. The van der Waals surface area contributed by atoms with Gasteiger partial charge in [-0.1, -0.05) is 32.3 Å². The maximum absolute atomic E-state index is 11.7. The molecule has 0 radical (unpaired) electrons. The number of rotatable bonds is 6. The van der Waals surface area contributed by atoms with Crippen LogP contribution in [0.25, 0.3) is 0 Å². The van der Waals surface area contributed by atoms with Crippen LogP contribution in [0.2, 0.25) is 0 Å². The highest BCUT2D eigenvalue weighted by molar-refractivity contribution is 7.80. The lowest BCUT2D eigenvalue weighted by Crippen LogP contribution is -2.33. The van der Waals surface area contributed by atoms with Crippen molar-refractivity contribution in [3.05, 3.63) is 29.3 Å². The van der Waals surface area contributed by atoms with E-state index in [0.717, 1.165) is 18.5 Å². The van der Waals surface area contributed by atoms with Gasteiger partial charge in [0, 0.05) is 12.1 Å². The van der Waals surface area contributed by atoms with Crippen LogP contribution in [-0.2, 0) is 4.79 Å². The number of carbonyl (C=O) groups is 1. The fourth-order valence-corrected chi connectivity index (χ4v) is 2.11. The molecule has 0 aromatic heterocycles. The Balaban J connectivity index is 2.35. The van der Waals surface area contributed by atoms with Gasteiger partial charge in [0.1, 0.15) is 0 Å². The first-order chi connectivity index (χ1) is 9.52. The maximum atomic E-state index is 11.7. The molecule has 0 aliphatic carbocycles. The average molecular weight is 292 g/mol. The Bertz CT molecular complexity index is 472. The number of hydrogen-bond donors (Lipinski definition) is 2. The molecule has 1 amide bonds. The molecule has 3 nitrogen and oxygen atoms in total. The lowest BCUT2D eigenvalue weighted by Gasteiger charge is -2.11. The van der Waals surface area contributed by atoms with E-state index in [1.54, 1.807) is 0 Å². The molecule has 1 aromatic carbocycles. The van der Waals surface area contributed by atoms with Crippen molar-refractivity contribution in [3.63, 3.8) is 0 Å². The molecule has 0 spiro atoms. The van der Waals surface area contributed by atoms with Crippen LogP contribution in [0.1, 0.15) is 50.2 Å². The zero-order chi connectivity index (χ0) is 15.0. The summed E-state index contributed by atoms with van der Waals surface area (Å²) >= 11 is 5.15. The van der Waals surface area contributed by atoms with Crippen LogP contribution < -0.4 is 10.6 Å². The number of aryl methyl sites for hydroxylation is 2. The largest absolute Gasteiger partial charge is 0.332 e. The van der Waals surface area contributed by atoms with Gasteiger partial charge in [-0.25, -0.2) is 0 Å². The molecule has 1 aromatic rings. The maximum Gasteiger partial charge on any atom is 0.226 e. The summed E-state index contributed by atoms with van der Waals surface area (Å²) in [5.41, 5.74) is 3.34. The molecule has 0 saturated carbocycles. The number of benzene rings is 1. The smallest absolute Gasteiger partial charge is 0.226 e. The second kappa shape index (κ2) is 8.69. The van der Waals surface area contributed by atoms with E-state index in [1.165, 1.54) is 24.0 Å². The summed E-state index contributed by atoms with van der Waals surface area (Å²) in [5.74, 6) is -0.0116. The van der Waals surface area contributed by atoms with Crippen LogP contribution in [-0.4, -0.2) is 11.0 Å². The normalized spacial score (nSPS) is 10.2. The molecule has 0 heterocycles. The zero-order valence-corrected chi connectivity index (χ0v) is 13.4. The quantitative estimate of drug-likeness (QED) is 0.613. The minimum Gasteiger partial charge on any atom is -0.332 e. The van der Waals surface area contributed by atoms with Crippen molar-refractivity contribution < 1.29 is 4.79 Å². The summed E-state index contributed by atoms with van der Waals surface area (Å²) in [4.78, 5) is 11.7. The first-order valence-electron chi connectivity index (χ1n) is 7.21. The Morgan fingerprint density at radius 3 is 2.55 bits per heavy atom. The molecule has 0 unspecified atom stereocenters. The molecule has 20 heavy (non-hydrogen) atoms. The number of carbonyl (C=O) groups excluding carboxylic acids is 1. The molecular weight excluding hydrogens is 268 g/mol. The minimum absolute atomic E-state index is 0.0116. The van der Waals surface area contributed by atoms with E-state index < -0.39 is 0 Å². The molecule has 0 saturated heterocycles. The van der Waals surface area contributed by atoms with E-state index in [9.17, 15) is 4.79 Å². The van der Waals surface area contributed by atoms with Crippen LogP contribution in [0.5, 0.6) is 0 Å². The minimum atomic E-state index is -0.0116. The lowest BCUT2D eigenvalue weighted by molar-refractivity contribution is -0.119. The van der Waals surface area contributed by atoms with Gasteiger partial charge in [-0.2, -0.15) is 0 Å². The Labute approximate surface area is 127 Å². The van der Waals surface area contributed by atoms with E-state index in [-0.39, 0.29) is 5.91 Å². The van der Waals surface area contributed by atoms with Crippen molar-refractivity contribution in [3.8, 4) is 0 Å². The van der Waals surface area contributed by atoms with E-state index in [0.29, 0.717) is 11.5 Å². The highest BCUT2D eigenvalue weighted by Crippen LogP contribution is 2.13. The van der Waals surface area contributed by atoms with Crippen LogP contribution in [0.4, 0.5) is 5.69 Å². The fourth-order valence-electron chi connectivity index (χ4n) is 1.88. The lowest BCUT2D eigenvalue weighted by atomic mass is 10.1. The van der Waals surface area contributed by atoms with Gasteiger partial charge in [-0.3, -0.25) is 4.79 Å². The van der Waals surface area contributed by atoms with Crippen molar-refractivity contribution >= 4 is 28.9 Å². The number of hydrogen-bond acceptors (Lipinski definition) is 2. The third-order valence-corrected chi connectivity index (χ3v) is 3.48. The van der Waals surface area contributed by atoms with Gasteiger partial charge in [0.05, 0.1) is 0 Å². The van der Waals surface area contributed by atoms with Crippen LogP contribution in [0.15, 0.2) is 18.2 Å². The van der Waals surface area contributed by atoms with Gasteiger partial charge in [0.25, 0.3) is 0 Å². The summed E-state index contributed by atoms with van der Waals surface area (Å²) < 4.78 is 0. The Morgan fingerprint density at radius 1 is 1.15 bits per heavy atom. The molecule has 0 bridgehead atoms.